The van der Waals surface area contributed by atoms with Gasteiger partial charge in [-0.1, -0.05) is 85.4 Å². The molecule has 0 unspecified atom stereocenters. The van der Waals surface area contributed by atoms with Gasteiger partial charge < -0.3 is 33.2 Å². The third-order valence-electron chi connectivity index (χ3n) is 8.68. The maximum Gasteiger partial charge on any atom is 0.330 e. The minimum absolute atomic E-state index is 0.0795. The van der Waals surface area contributed by atoms with Gasteiger partial charge in [0, 0.05) is 19.6 Å². The lowest BCUT2D eigenvalue weighted by molar-refractivity contribution is -0.154. The molecule has 0 radical (unpaired) electrons. The SMILES string of the molecule is C=C1C/C=C/[C@@H](OCOC)C[C@@H]([C@H](/C=C/[C@@H]2CC(C)=CCO2)OCc2ccc(OC)cc2)OC(=O)/C=C\C[C@@H]2C=CC[C@@H](C[C@@H](C)C1)O2. The highest BCUT2D eigenvalue weighted by Gasteiger charge is 2.28. The molecule has 0 saturated heterocycles. The average Bonchev–Trinajstić information content (AvgIpc) is 3.07. The molecule has 4 rings (SSSR count). The van der Waals surface area contributed by atoms with Crippen molar-refractivity contribution in [2.45, 2.75) is 102 Å². The Kier molecular flexibility index (Phi) is 15.9. The van der Waals surface area contributed by atoms with Gasteiger partial charge in [-0.05, 0) is 69.1 Å². The first-order valence-electron chi connectivity index (χ1n) is 17.1. The maximum absolute atomic E-state index is 13.4. The zero-order chi connectivity index (χ0) is 34.1. The van der Waals surface area contributed by atoms with Crippen LogP contribution in [-0.2, 0) is 39.8 Å². The number of ether oxygens (including phenoxy) is 7. The molecule has 3 aliphatic heterocycles. The van der Waals surface area contributed by atoms with Gasteiger partial charge in [0.2, 0.25) is 0 Å². The van der Waals surface area contributed by atoms with Gasteiger partial charge in [0.1, 0.15) is 24.8 Å². The molecule has 1 aromatic rings. The summed E-state index contributed by atoms with van der Waals surface area (Å²) in [6.45, 7) is 9.67. The monoisotopic (exact) mass is 662 g/mol. The maximum atomic E-state index is 13.4. The molecule has 0 spiro atoms. The van der Waals surface area contributed by atoms with E-state index >= 15 is 0 Å². The van der Waals surface area contributed by atoms with Crippen LogP contribution in [0.25, 0.3) is 0 Å². The molecule has 0 amide bonds. The van der Waals surface area contributed by atoms with E-state index in [-0.39, 0.29) is 25.1 Å². The summed E-state index contributed by atoms with van der Waals surface area (Å²) in [4.78, 5) is 13.4. The van der Waals surface area contributed by atoms with Crippen LogP contribution in [0.15, 0.2) is 96.7 Å². The van der Waals surface area contributed by atoms with Crippen molar-refractivity contribution in [2.75, 3.05) is 27.6 Å². The Bertz CT molecular complexity index is 1290. The fraction of sp³-hybridized carbons (Fsp3) is 0.525. The summed E-state index contributed by atoms with van der Waals surface area (Å²) in [6, 6.07) is 7.72. The number of carbonyl (C=O) groups excluding carboxylic acids is 1. The van der Waals surface area contributed by atoms with Crippen LogP contribution in [0.2, 0.25) is 0 Å². The molecular weight excluding hydrogens is 608 g/mol. The van der Waals surface area contributed by atoms with Crippen molar-refractivity contribution < 1.29 is 38.0 Å². The first kappa shape index (κ1) is 37.5. The Morgan fingerprint density at radius 1 is 1.04 bits per heavy atom. The van der Waals surface area contributed by atoms with Gasteiger partial charge in [0.15, 0.2) is 0 Å². The second-order valence-electron chi connectivity index (χ2n) is 13.0. The number of allylic oxidation sites excluding steroid dienone is 2. The molecule has 8 nitrogen and oxygen atoms in total. The molecule has 0 aromatic heterocycles. The van der Waals surface area contributed by atoms with Crippen molar-refractivity contribution in [1.82, 2.24) is 0 Å². The van der Waals surface area contributed by atoms with Crippen LogP contribution in [0, 0.1) is 5.92 Å². The Morgan fingerprint density at radius 3 is 2.65 bits per heavy atom. The second-order valence-corrected chi connectivity index (χ2v) is 13.0. The summed E-state index contributed by atoms with van der Waals surface area (Å²) in [6.07, 6.45) is 21.3. The van der Waals surface area contributed by atoms with Gasteiger partial charge in [-0.15, -0.1) is 0 Å². The summed E-state index contributed by atoms with van der Waals surface area (Å²) in [7, 11) is 3.23. The largest absolute Gasteiger partial charge is 0.497 e. The van der Waals surface area contributed by atoms with Crippen LogP contribution in [0.4, 0.5) is 0 Å². The quantitative estimate of drug-likeness (QED) is 0.143. The molecule has 7 atom stereocenters. The van der Waals surface area contributed by atoms with E-state index in [0.29, 0.717) is 32.0 Å². The predicted molar refractivity (Wildman–Crippen MR) is 188 cm³/mol. The van der Waals surface area contributed by atoms with Gasteiger partial charge in [-0.2, -0.15) is 0 Å². The molecule has 0 fully saturated rings. The Hall–Kier alpha value is -3.27. The number of carbonyl (C=O) groups is 1. The first-order chi connectivity index (χ1) is 23.3. The Balaban J connectivity index is 1.61. The highest BCUT2D eigenvalue weighted by Crippen LogP contribution is 2.26. The summed E-state index contributed by atoms with van der Waals surface area (Å²) < 4.78 is 41.7. The molecule has 1 aromatic carbocycles. The van der Waals surface area contributed by atoms with Crippen molar-refractivity contribution in [3.05, 3.63) is 102 Å². The average molecular weight is 663 g/mol. The number of cyclic esters (lactones) is 1. The zero-order valence-electron chi connectivity index (χ0n) is 29.1. The zero-order valence-corrected chi connectivity index (χ0v) is 29.1. The van der Waals surface area contributed by atoms with E-state index in [1.54, 1.807) is 14.2 Å². The third-order valence-corrected chi connectivity index (χ3v) is 8.68. The first-order valence-corrected chi connectivity index (χ1v) is 17.1. The molecular formula is C40H54O8. The molecule has 0 N–H and O–H groups in total. The fourth-order valence-electron chi connectivity index (χ4n) is 6.17. The van der Waals surface area contributed by atoms with Crippen molar-refractivity contribution >= 4 is 5.97 Å². The summed E-state index contributed by atoms with van der Waals surface area (Å²) in [5.74, 6) is 0.762. The third kappa shape index (κ3) is 13.3. The van der Waals surface area contributed by atoms with E-state index in [1.807, 2.05) is 48.6 Å². The normalized spacial score (nSPS) is 29.7. The van der Waals surface area contributed by atoms with Crippen LogP contribution < -0.4 is 4.74 Å². The van der Waals surface area contributed by atoms with E-state index in [0.717, 1.165) is 49.0 Å². The lowest BCUT2D eigenvalue weighted by Crippen LogP contribution is -2.36. The van der Waals surface area contributed by atoms with Crippen molar-refractivity contribution in [1.29, 1.82) is 0 Å². The number of hydrogen-bond acceptors (Lipinski definition) is 8. The van der Waals surface area contributed by atoms with Crippen LogP contribution >= 0.6 is 0 Å². The molecule has 0 saturated carbocycles. The number of rotatable bonds is 10. The van der Waals surface area contributed by atoms with Crippen molar-refractivity contribution in [3.63, 3.8) is 0 Å². The minimum atomic E-state index is -0.680. The minimum Gasteiger partial charge on any atom is -0.497 e. The number of esters is 1. The van der Waals surface area contributed by atoms with Gasteiger partial charge >= 0.3 is 5.97 Å². The molecule has 48 heavy (non-hydrogen) atoms. The number of hydrogen-bond donors (Lipinski definition) is 0. The predicted octanol–water partition coefficient (Wildman–Crippen LogP) is 7.76. The lowest BCUT2D eigenvalue weighted by atomic mass is 9.92. The molecule has 8 heteroatoms. The fourth-order valence-corrected chi connectivity index (χ4v) is 6.17. The standard InChI is InChI=1S/C40H54O8/c1-29-9-6-12-35(46-28-42-4)26-39(48-40(41)14-8-11-34-10-7-13-37(47-34)25-31(3)23-29)38(20-19-36-24-30(2)21-22-44-36)45-27-32-15-17-33(43-5)18-16-32/h6-8,10,12,14-21,31,34-39H,1,9,11,13,22-28H2,2-5H3/b12-6+,14-8-,20-19+/t31-,34-,35+,36+,37-,38-,39-/m0/s1. The summed E-state index contributed by atoms with van der Waals surface area (Å²) in [5.41, 5.74) is 3.39. The van der Waals surface area contributed by atoms with E-state index < -0.39 is 24.3 Å². The summed E-state index contributed by atoms with van der Waals surface area (Å²) in [5, 5.41) is 0. The van der Waals surface area contributed by atoms with Crippen LogP contribution in [0.1, 0.15) is 64.4 Å². The number of methoxy groups -OCH3 is 2. The van der Waals surface area contributed by atoms with Gasteiger partial charge in [0.25, 0.3) is 0 Å². The lowest BCUT2D eigenvalue weighted by Gasteiger charge is -2.29. The van der Waals surface area contributed by atoms with E-state index in [1.165, 1.54) is 11.6 Å². The number of benzene rings is 1. The molecule has 3 heterocycles. The Labute approximate surface area is 287 Å². The van der Waals surface area contributed by atoms with Crippen molar-refractivity contribution in [3.8, 4) is 5.75 Å². The molecule has 0 aliphatic carbocycles. The van der Waals surface area contributed by atoms with Crippen molar-refractivity contribution in [2.24, 2.45) is 5.92 Å². The van der Waals surface area contributed by atoms with Crippen LogP contribution in [-0.4, -0.2) is 70.2 Å². The van der Waals surface area contributed by atoms with E-state index in [9.17, 15) is 4.79 Å². The highest BCUT2D eigenvalue weighted by molar-refractivity contribution is 5.82. The molecule has 262 valence electrons. The van der Waals surface area contributed by atoms with Gasteiger partial charge in [-0.25, -0.2) is 4.79 Å². The summed E-state index contributed by atoms with van der Waals surface area (Å²) >= 11 is 0. The van der Waals surface area contributed by atoms with E-state index in [2.05, 4.69) is 44.7 Å². The van der Waals surface area contributed by atoms with E-state index in [4.69, 9.17) is 33.2 Å². The second kappa shape index (κ2) is 20.3. The van der Waals surface area contributed by atoms with Crippen LogP contribution in [0.5, 0.6) is 5.75 Å². The highest BCUT2D eigenvalue weighted by atomic mass is 16.7. The molecule has 3 aliphatic rings. The Morgan fingerprint density at radius 2 is 1.88 bits per heavy atom. The van der Waals surface area contributed by atoms with Crippen LogP contribution in [0.3, 0.4) is 0 Å². The smallest absolute Gasteiger partial charge is 0.330 e. The number of fused-ring (bicyclic) bond motifs is 2. The van der Waals surface area contributed by atoms with Gasteiger partial charge in [0.05, 0.1) is 44.7 Å². The molecule has 2 bridgehead atoms. The topological polar surface area (TPSA) is 81.7 Å². The van der Waals surface area contributed by atoms with Gasteiger partial charge in [-0.3, -0.25) is 0 Å².